The molecule has 0 saturated heterocycles. The number of aldehydes is 1. The Labute approximate surface area is 111 Å². The molecule has 1 saturated carbocycles. The van der Waals surface area contributed by atoms with Gasteiger partial charge in [0.25, 0.3) is 0 Å². The highest BCUT2D eigenvalue weighted by Gasteiger charge is 2.20. The van der Waals surface area contributed by atoms with Crippen molar-refractivity contribution in [3.8, 4) is 0 Å². The Morgan fingerprint density at radius 2 is 1.67 bits per heavy atom. The minimum absolute atomic E-state index is 0.274. The Morgan fingerprint density at radius 1 is 1.00 bits per heavy atom. The van der Waals surface area contributed by atoms with Crippen LogP contribution in [0.25, 0.3) is 0 Å². The van der Waals surface area contributed by atoms with E-state index in [-0.39, 0.29) is 11.8 Å². The van der Waals surface area contributed by atoms with Crippen molar-refractivity contribution < 1.29 is 9.59 Å². The number of hydrogen-bond acceptors (Lipinski definition) is 2. The molecule has 0 spiro atoms. The predicted octanol–water partition coefficient (Wildman–Crippen LogP) is 3.22. The van der Waals surface area contributed by atoms with Gasteiger partial charge in [0.1, 0.15) is 6.29 Å². The third kappa shape index (κ3) is 6.77. The van der Waals surface area contributed by atoms with Gasteiger partial charge in [0, 0.05) is 18.9 Å². The highest BCUT2D eigenvalue weighted by Crippen LogP contribution is 2.23. The third-order valence-electron chi connectivity index (χ3n) is 3.77. The van der Waals surface area contributed by atoms with Crippen LogP contribution in [0.5, 0.6) is 0 Å². The number of hydrogen-bond donors (Lipinski definition) is 1. The Balaban J connectivity index is 1.90. The van der Waals surface area contributed by atoms with Crippen LogP contribution in [0, 0.1) is 5.92 Å². The van der Waals surface area contributed by atoms with Crippen molar-refractivity contribution in [1.29, 1.82) is 0 Å². The van der Waals surface area contributed by atoms with Crippen LogP contribution in [-0.4, -0.2) is 18.7 Å². The van der Waals surface area contributed by atoms with Gasteiger partial charge in [-0.3, -0.25) is 4.79 Å². The van der Waals surface area contributed by atoms with E-state index in [1.807, 2.05) is 0 Å². The van der Waals surface area contributed by atoms with Gasteiger partial charge < -0.3 is 10.1 Å². The molecule has 104 valence electrons. The van der Waals surface area contributed by atoms with E-state index in [0.29, 0.717) is 6.42 Å². The van der Waals surface area contributed by atoms with Crippen LogP contribution in [-0.2, 0) is 9.59 Å². The minimum atomic E-state index is 0.274. The van der Waals surface area contributed by atoms with E-state index >= 15 is 0 Å². The van der Waals surface area contributed by atoms with Gasteiger partial charge in [-0.15, -0.1) is 0 Å². The molecule has 0 aromatic carbocycles. The Kier molecular flexibility index (Phi) is 8.53. The molecular weight excluding hydrogens is 226 g/mol. The van der Waals surface area contributed by atoms with E-state index in [4.69, 9.17) is 0 Å². The van der Waals surface area contributed by atoms with Crippen molar-refractivity contribution >= 4 is 12.2 Å². The van der Waals surface area contributed by atoms with Gasteiger partial charge in [0.2, 0.25) is 5.91 Å². The highest BCUT2D eigenvalue weighted by molar-refractivity contribution is 5.78. The Bertz CT molecular complexity index is 235. The lowest BCUT2D eigenvalue weighted by Crippen LogP contribution is -2.32. The molecule has 3 nitrogen and oxygen atoms in total. The van der Waals surface area contributed by atoms with E-state index in [9.17, 15) is 9.59 Å². The summed E-state index contributed by atoms with van der Waals surface area (Å²) in [5.74, 6) is 0.557. The monoisotopic (exact) mass is 253 g/mol. The van der Waals surface area contributed by atoms with Crippen LogP contribution >= 0.6 is 0 Å². The van der Waals surface area contributed by atoms with Gasteiger partial charge in [-0.05, 0) is 25.7 Å². The zero-order valence-corrected chi connectivity index (χ0v) is 11.5. The summed E-state index contributed by atoms with van der Waals surface area (Å²) in [5.41, 5.74) is 0. The second-order valence-electron chi connectivity index (χ2n) is 5.35. The van der Waals surface area contributed by atoms with Gasteiger partial charge in [-0.25, -0.2) is 0 Å². The fourth-order valence-corrected chi connectivity index (χ4v) is 2.60. The van der Waals surface area contributed by atoms with Crippen molar-refractivity contribution in [1.82, 2.24) is 5.32 Å². The highest BCUT2D eigenvalue weighted by atomic mass is 16.1. The van der Waals surface area contributed by atoms with E-state index in [1.54, 1.807) is 0 Å². The Morgan fingerprint density at radius 3 is 2.39 bits per heavy atom. The first-order valence-corrected chi connectivity index (χ1v) is 7.56. The van der Waals surface area contributed by atoms with Gasteiger partial charge in [0.15, 0.2) is 0 Å². The first-order valence-electron chi connectivity index (χ1n) is 7.56. The molecule has 0 aromatic rings. The second kappa shape index (κ2) is 10.1. The molecule has 3 heteroatoms. The molecule has 0 radical (unpaired) electrons. The van der Waals surface area contributed by atoms with Crippen molar-refractivity contribution in [3.63, 3.8) is 0 Å². The maximum Gasteiger partial charge on any atom is 0.223 e. The van der Waals surface area contributed by atoms with Crippen LogP contribution in [0.3, 0.4) is 0 Å². The largest absolute Gasteiger partial charge is 0.356 e. The lowest BCUT2D eigenvalue weighted by Gasteiger charge is -2.20. The summed E-state index contributed by atoms with van der Waals surface area (Å²) in [6, 6.07) is 0. The molecule has 1 N–H and O–H groups in total. The molecule has 0 aromatic heterocycles. The van der Waals surface area contributed by atoms with Gasteiger partial charge in [-0.1, -0.05) is 38.5 Å². The fraction of sp³-hybridized carbons (Fsp3) is 0.867. The summed E-state index contributed by atoms with van der Waals surface area (Å²) < 4.78 is 0. The number of unbranched alkanes of at least 4 members (excludes halogenated alkanes) is 5. The van der Waals surface area contributed by atoms with E-state index < -0.39 is 0 Å². The smallest absolute Gasteiger partial charge is 0.223 e. The Hall–Kier alpha value is -0.860. The first-order chi connectivity index (χ1) is 8.84. The molecule has 0 bridgehead atoms. The third-order valence-corrected chi connectivity index (χ3v) is 3.77. The second-order valence-corrected chi connectivity index (χ2v) is 5.35. The lowest BCUT2D eigenvalue weighted by molar-refractivity contribution is -0.125. The fourth-order valence-electron chi connectivity index (χ4n) is 2.60. The molecule has 1 rings (SSSR count). The van der Waals surface area contributed by atoms with Crippen LogP contribution in [0.4, 0.5) is 0 Å². The van der Waals surface area contributed by atoms with Crippen molar-refractivity contribution in [2.24, 2.45) is 5.92 Å². The summed E-state index contributed by atoms with van der Waals surface area (Å²) in [4.78, 5) is 21.9. The van der Waals surface area contributed by atoms with E-state index in [1.165, 1.54) is 25.7 Å². The molecule has 0 atom stereocenters. The zero-order chi connectivity index (χ0) is 13.1. The quantitative estimate of drug-likeness (QED) is 0.506. The summed E-state index contributed by atoms with van der Waals surface area (Å²) in [6.45, 7) is 0.822. The number of rotatable bonds is 9. The molecule has 1 amide bonds. The first kappa shape index (κ1) is 15.2. The molecular formula is C15H27NO2. The van der Waals surface area contributed by atoms with Crippen molar-refractivity contribution in [3.05, 3.63) is 0 Å². The summed E-state index contributed by atoms with van der Waals surface area (Å²) >= 11 is 0. The molecule has 18 heavy (non-hydrogen) atoms. The number of amides is 1. The van der Waals surface area contributed by atoms with E-state index in [2.05, 4.69) is 5.32 Å². The molecule has 1 aliphatic rings. The van der Waals surface area contributed by atoms with Crippen LogP contribution in [0.2, 0.25) is 0 Å². The van der Waals surface area contributed by atoms with Gasteiger partial charge >= 0.3 is 0 Å². The number of nitrogens with one attached hydrogen (secondary N) is 1. The molecule has 0 aliphatic heterocycles. The summed E-state index contributed by atoms with van der Waals surface area (Å²) in [7, 11) is 0. The molecule has 0 unspecified atom stereocenters. The molecule has 1 aliphatic carbocycles. The minimum Gasteiger partial charge on any atom is -0.356 e. The topological polar surface area (TPSA) is 46.2 Å². The zero-order valence-electron chi connectivity index (χ0n) is 11.5. The van der Waals surface area contributed by atoms with Crippen LogP contribution in [0.1, 0.15) is 70.6 Å². The van der Waals surface area contributed by atoms with Crippen LogP contribution in [0.15, 0.2) is 0 Å². The standard InChI is InChI=1S/C15H27NO2/c17-13-9-4-2-1-3-8-12-16-15(18)14-10-6-5-7-11-14/h13-14H,1-12H2,(H,16,18). The average molecular weight is 253 g/mol. The maximum atomic E-state index is 11.8. The van der Waals surface area contributed by atoms with Crippen molar-refractivity contribution in [2.45, 2.75) is 70.6 Å². The van der Waals surface area contributed by atoms with E-state index in [0.717, 1.165) is 51.4 Å². The van der Waals surface area contributed by atoms with Gasteiger partial charge in [0.05, 0.1) is 0 Å². The van der Waals surface area contributed by atoms with Gasteiger partial charge in [-0.2, -0.15) is 0 Å². The number of carbonyl (C=O) groups is 2. The number of carbonyl (C=O) groups excluding carboxylic acids is 2. The SMILES string of the molecule is O=CCCCCCCCNC(=O)C1CCCCC1. The normalized spacial score (nSPS) is 16.4. The maximum absolute atomic E-state index is 11.8. The summed E-state index contributed by atoms with van der Waals surface area (Å²) in [5, 5.41) is 3.06. The molecule has 1 fully saturated rings. The predicted molar refractivity (Wildman–Crippen MR) is 73.4 cm³/mol. The molecule has 0 heterocycles. The average Bonchev–Trinajstić information content (AvgIpc) is 2.42. The van der Waals surface area contributed by atoms with Crippen LogP contribution < -0.4 is 5.32 Å². The van der Waals surface area contributed by atoms with Crippen molar-refractivity contribution in [2.75, 3.05) is 6.54 Å². The summed E-state index contributed by atoms with van der Waals surface area (Å²) in [6.07, 6.45) is 13.1. The lowest BCUT2D eigenvalue weighted by atomic mass is 9.88.